The molecular weight excluding hydrogens is 192 g/mol. The van der Waals surface area contributed by atoms with Crippen LogP contribution in [0.1, 0.15) is 51.4 Å². The van der Waals surface area contributed by atoms with E-state index in [1.165, 1.54) is 61.6 Å². The van der Waals surface area contributed by atoms with Crippen molar-refractivity contribution in [2.24, 2.45) is 5.92 Å². The van der Waals surface area contributed by atoms with Crippen LogP contribution in [-0.4, -0.2) is 16.0 Å². The maximum atomic E-state index is 4.31. The van der Waals surface area contributed by atoms with Crippen molar-refractivity contribution in [1.29, 1.82) is 0 Å². The summed E-state index contributed by atoms with van der Waals surface area (Å²) in [5, 5.41) is 0. The standard InChI is InChI=1S/C11H24SSi/c12-9-5-7-10-6-3-1-2-4-8-11(10)13/h10-12H,1-9H2,13H3. The molecule has 0 nitrogen and oxygen atoms in total. The van der Waals surface area contributed by atoms with E-state index in [1.54, 1.807) is 0 Å². The van der Waals surface area contributed by atoms with Crippen LogP contribution in [-0.2, 0) is 0 Å². The number of rotatable bonds is 3. The molecule has 1 fully saturated rings. The molecule has 1 rings (SSSR count). The molecule has 0 amide bonds. The molecule has 1 aliphatic carbocycles. The van der Waals surface area contributed by atoms with Gasteiger partial charge in [0, 0.05) is 10.2 Å². The summed E-state index contributed by atoms with van der Waals surface area (Å²) in [7, 11) is 1.42. The summed E-state index contributed by atoms with van der Waals surface area (Å²) in [6.45, 7) is 0. The van der Waals surface area contributed by atoms with E-state index in [4.69, 9.17) is 0 Å². The fourth-order valence-corrected chi connectivity index (χ4v) is 3.79. The maximum absolute atomic E-state index is 4.31. The average Bonchev–Trinajstić information content (AvgIpc) is 2.11. The van der Waals surface area contributed by atoms with Crippen LogP contribution < -0.4 is 0 Å². The molecule has 0 aliphatic heterocycles. The average molecular weight is 216 g/mol. The minimum absolute atomic E-state index is 1.07. The Labute approximate surface area is 91.7 Å². The molecule has 78 valence electrons. The van der Waals surface area contributed by atoms with E-state index in [2.05, 4.69) is 12.6 Å². The molecule has 13 heavy (non-hydrogen) atoms. The SMILES string of the molecule is [SiH3]C1CCCCCCC1CCCS. The first-order valence-corrected chi connectivity index (χ1v) is 7.74. The van der Waals surface area contributed by atoms with Gasteiger partial charge >= 0.3 is 0 Å². The zero-order valence-electron chi connectivity index (χ0n) is 8.97. The first kappa shape index (κ1) is 11.6. The summed E-state index contributed by atoms with van der Waals surface area (Å²) in [6, 6.07) is 0. The Morgan fingerprint density at radius 3 is 2.46 bits per heavy atom. The van der Waals surface area contributed by atoms with Gasteiger partial charge in [-0.3, -0.25) is 0 Å². The van der Waals surface area contributed by atoms with E-state index in [-0.39, 0.29) is 0 Å². The normalized spacial score (nSPS) is 31.2. The smallest absolute Gasteiger partial charge is 0.00708 e. The van der Waals surface area contributed by atoms with Crippen LogP contribution in [0.4, 0.5) is 0 Å². The predicted octanol–water partition coefficient (Wildman–Crippen LogP) is 2.82. The minimum Gasteiger partial charge on any atom is -0.179 e. The molecule has 2 atom stereocenters. The summed E-state index contributed by atoms with van der Waals surface area (Å²) in [5.41, 5.74) is 1.11. The third-order valence-corrected chi connectivity index (χ3v) is 5.36. The summed E-state index contributed by atoms with van der Waals surface area (Å²) >= 11 is 4.31. The molecule has 2 unspecified atom stereocenters. The minimum atomic E-state index is 1.07. The third kappa shape index (κ3) is 4.55. The molecular formula is C11H24SSi. The molecule has 0 saturated heterocycles. The molecule has 1 aliphatic rings. The van der Waals surface area contributed by atoms with Crippen LogP contribution in [0.5, 0.6) is 0 Å². The van der Waals surface area contributed by atoms with Crippen LogP contribution in [0.3, 0.4) is 0 Å². The van der Waals surface area contributed by atoms with E-state index < -0.39 is 0 Å². The van der Waals surface area contributed by atoms with Crippen molar-refractivity contribution in [3.8, 4) is 0 Å². The number of hydrogen-bond acceptors (Lipinski definition) is 1. The van der Waals surface area contributed by atoms with Crippen LogP contribution in [0.15, 0.2) is 0 Å². The van der Waals surface area contributed by atoms with Gasteiger partial charge in [0.2, 0.25) is 0 Å². The topological polar surface area (TPSA) is 0 Å². The second-order valence-corrected chi connectivity index (χ2v) is 6.53. The molecule has 0 aromatic carbocycles. The lowest BCUT2D eigenvalue weighted by Crippen LogP contribution is -2.12. The van der Waals surface area contributed by atoms with Crippen molar-refractivity contribution in [1.82, 2.24) is 0 Å². The Morgan fingerprint density at radius 2 is 1.77 bits per heavy atom. The van der Waals surface area contributed by atoms with E-state index in [9.17, 15) is 0 Å². The summed E-state index contributed by atoms with van der Waals surface area (Å²) in [6.07, 6.45) is 11.8. The summed E-state index contributed by atoms with van der Waals surface area (Å²) < 4.78 is 0. The third-order valence-electron chi connectivity index (χ3n) is 3.52. The van der Waals surface area contributed by atoms with E-state index in [0.717, 1.165) is 17.2 Å². The highest BCUT2D eigenvalue weighted by Gasteiger charge is 2.17. The molecule has 0 aromatic rings. The second-order valence-electron chi connectivity index (χ2n) is 4.59. The molecule has 0 bridgehead atoms. The van der Waals surface area contributed by atoms with Gasteiger partial charge < -0.3 is 0 Å². The van der Waals surface area contributed by atoms with Crippen molar-refractivity contribution in [2.45, 2.75) is 56.9 Å². The maximum Gasteiger partial charge on any atom is 0.00708 e. The van der Waals surface area contributed by atoms with Gasteiger partial charge in [-0.2, -0.15) is 12.6 Å². The van der Waals surface area contributed by atoms with Gasteiger partial charge in [0.25, 0.3) is 0 Å². The van der Waals surface area contributed by atoms with Crippen molar-refractivity contribution < 1.29 is 0 Å². The quantitative estimate of drug-likeness (QED) is 0.544. The van der Waals surface area contributed by atoms with Crippen molar-refractivity contribution in [3.63, 3.8) is 0 Å². The van der Waals surface area contributed by atoms with Crippen molar-refractivity contribution >= 4 is 22.9 Å². The van der Waals surface area contributed by atoms with Crippen molar-refractivity contribution in [3.05, 3.63) is 0 Å². The van der Waals surface area contributed by atoms with Crippen LogP contribution in [0, 0.1) is 5.92 Å². The Balaban J connectivity index is 2.28. The van der Waals surface area contributed by atoms with Crippen molar-refractivity contribution in [2.75, 3.05) is 5.75 Å². The second kappa shape index (κ2) is 6.94. The Bertz CT molecular complexity index is 125. The number of thiol groups is 1. The summed E-state index contributed by atoms with van der Waals surface area (Å²) in [5.74, 6) is 2.16. The highest BCUT2D eigenvalue weighted by Crippen LogP contribution is 2.33. The zero-order chi connectivity index (χ0) is 9.52. The highest BCUT2D eigenvalue weighted by atomic mass is 32.1. The van der Waals surface area contributed by atoms with E-state index in [0.29, 0.717) is 0 Å². The predicted molar refractivity (Wildman–Crippen MR) is 68.0 cm³/mol. The molecule has 0 radical (unpaired) electrons. The largest absolute Gasteiger partial charge is 0.179 e. The van der Waals surface area contributed by atoms with Gasteiger partial charge in [0.1, 0.15) is 0 Å². The van der Waals surface area contributed by atoms with Gasteiger partial charge in [-0.05, 0) is 24.5 Å². The molecule has 0 spiro atoms. The molecule has 2 heteroatoms. The van der Waals surface area contributed by atoms with Gasteiger partial charge in [0.15, 0.2) is 0 Å². The van der Waals surface area contributed by atoms with Crippen LogP contribution in [0.25, 0.3) is 0 Å². The molecule has 0 heterocycles. The fourth-order valence-electron chi connectivity index (χ4n) is 2.53. The van der Waals surface area contributed by atoms with Gasteiger partial charge in [-0.25, -0.2) is 0 Å². The van der Waals surface area contributed by atoms with Crippen LogP contribution in [0.2, 0.25) is 5.54 Å². The van der Waals surface area contributed by atoms with Gasteiger partial charge in [0.05, 0.1) is 0 Å². The summed E-state index contributed by atoms with van der Waals surface area (Å²) in [4.78, 5) is 0. The zero-order valence-corrected chi connectivity index (χ0v) is 11.9. The Kier molecular flexibility index (Phi) is 6.21. The Morgan fingerprint density at radius 1 is 1.08 bits per heavy atom. The van der Waals surface area contributed by atoms with E-state index in [1.807, 2.05) is 0 Å². The monoisotopic (exact) mass is 216 g/mol. The fraction of sp³-hybridized carbons (Fsp3) is 1.00. The van der Waals surface area contributed by atoms with Crippen LogP contribution >= 0.6 is 12.6 Å². The number of hydrogen-bond donors (Lipinski definition) is 1. The lowest BCUT2D eigenvalue weighted by atomic mass is 9.87. The highest BCUT2D eigenvalue weighted by molar-refractivity contribution is 7.80. The lowest BCUT2D eigenvalue weighted by Gasteiger charge is -2.26. The van der Waals surface area contributed by atoms with Gasteiger partial charge in [-0.15, -0.1) is 0 Å². The first-order valence-electron chi connectivity index (χ1n) is 5.95. The molecule has 1 saturated carbocycles. The molecule has 0 aromatic heterocycles. The molecule has 0 N–H and O–H groups in total. The Hall–Kier alpha value is 0.567. The lowest BCUT2D eigenvalue weighted by molar-refractivity contribution is 0.358. The van der Waals surface area contributed by atoms with Gasteiger partial charge in [-0.1, -0.05) is 44.1 Å². The van der Waals surface area contributed by atoms with E-state index >= 15 is 0 Å². The first-order chi connectivity index (χ1) is 6.34.